The van der Waals surface area contributed by atoms with E-state index in [1.165, 1.54) is 67.8 Å². The van der Waals surface area contributed by atoms with E-state index in [1.54, 1.807) is 18.2 Å². The SMILES string of the molecule is COc1ccc(N2C(=O)NC(=O)/C(=C/c3cc(Br)ccc3OC(=O)/C=C/c3ccc([N+](=O)[O-])cc3)C2=O)cc1. The molecular formula is C27H18BrN3O8. The van der Waals surface area contributed by atoms with Crippen molar-refractivity contribution in [1.29, 1.82) is 0 Å². The first-order chi connectivity index (χ1) is 18.7. The fraction of sp³-hybridized carbons (Fsp3) is 0.0370. The Morgan fingerprint density at radius 3 is 2.36 bits per heavy atom. The van der Waals surface area contributed by atoms with Crippen LogP contribution in [0.3, 0.4) is 0 Å². The largest absolute Gasteiger partial charge is 0.497 e. The second kappa shape index (κ2) is 11.5. The van der Waals surface area contributed by atoms with E-state index in [2.05, 4.69) is 21.2 Å². The summed E-state index contributed by atoms with van der Waals surface area (Å²) in [5, 5.41) is 12.9. The number of ether oxygens (including phenoxy) is 2. The third-order valence-electron chi connectivity index (χ3n) is 5.43. The van der Waals surface area contributed by atoms with Crippen molar-refractivity contribution in [3.05, 3.63) is 104 Å². The molecule has 1 aliphatic heterocycles. The molecule has 1 aliphatic rings. The maximum absolute atomic E-state index is 13.2. The van der Waals surface area contributed by atoms with Gasteiger partial charge in [0.25, 0.3) is 17.5 Å². The number of hydrogen-bond donors (Lipinski definition) is 1. The van der Waals surface area contributed by atoms with Crippen LogP contribution >= 0.6 is 15.9 Å². The number of nitro benzene ring substituents is 1. The number of hydrogen-bond acceptors (Lipinski definition) is 8. The van der Waals surface area contributed by atoms with Gasteiger partial charge in [-0.25, -0.2) is 14.5 Å². The summed E-state index contributed by atoms with van der Waals surface area (Å²) in [6.45, 7) is 0. The molecule has 1 heterocycles. The van der Waals surface area contributed by atoms with Gasteiger partial charge in [0, 0.05) is 28.2 Å². The van der Waals surface area contributed by atoms with Gasteiger partial charge in [-0.2, -0.15) is 0 Å². The highest BCUT2D eigenvalue weighted by Crippen LogP contribution is 2.29. The number of anilines is 1. The fourth-order valence-corrected chi connectivity index (χ4v) is 3.90. The number of rotatable bonds is 7. The quantitative estimate of drug-likeness (QED) is 0.104. The van der Waals surface area contributed by atoms with E-state index in [-0.39, 0.29) is 28.3 Å². The molecule has 11 nitrogen and oxygen atoms in total. The van der Waals surface area contributed by atoms with Crippen LogP contribution in [-0.4, -0.2) is 35.8 Å². The summed E-state index contributed by atoms with van der Waals surface area (Å²) >= 11 is 3.31. The molecule has 1 N–H and O–H groups in total. The number of halogens is 1. The highest BCUT2D eigenvalue weighted by atomic mass is 79.9. The number of urea groups is 1. The minimum Gasteiger partial charge on any atom is -0.497 e. The Kier molecular flexibility index (Phi) is 7.96. The number of nitrogens with one attached hydrogen (secondary N) is 1. The lowest BCUT2D eigenvalue weighted by atomic mass is 10.1. The van der Waals surface area contributed by atoms with Crippen molar-refractivity contribution < 1.29 is 33.6 Å². The molecule has 196 valence electrons. The van der Waals surface area contributed by atoms with Crippen molar-refractivity contribution in [3.8, 4) is 11.5 Å². The number of esters is 1. The number of methoxy groups -OCH3 is 1. The third kappa shape index (κ3) is 6.25. The first kappa shape index (κ1) is 26.9. The first-order valence-electron chi connectivity index (χ1n) is 11.2. The molecular weight excluding hydrogens is 574 g/mol. The number of carbonyl (C=O) groups is 4. The number of barbiturate groups is 1. The standard InChI is InChI=1S/C27H18BrN3O8/c1-38-21-10-8-19(9-11-21)30-26(34)22(25(33)29-27(30)35)15-17-14-18(28)5-12-23(17)39-24(32)13-4-16-2-6-20(7-3-16)31(36)37/h2-15H,1H3,(H,29,33,35)/b13-4+,22-15-. The summed E-state index contributed by atoms with van der Waals surface area (Å²) < 4.78 is 11.1. The fourth-order valence-electron chi connectivity index (χ4n) is 3.52. The van der Waals surface area contributed by atoms with Crippen LogP contribution in [0, 0.1) is 10.1 Å². The Morgan fingerprint density at radius 1 is 1.03 bits per heavy atom. The summed E-state index contributed by atoms with van der Waals surface area (Å²) in [6.07, 6.45) is 3.76. The number of nitrogens with zero attached hydrogens (tertiary/aromatic N) is 2. The molecule has 39 heavy (non-hydrogen) atoms. The van der Waals surface area contributed by atoms with Gasteiger partial charge in [-0.05, 0) is 72.3 Å². The Morgan fingerprint density at radius 2 is 1.72 bits per heavy atom. The zero-order valence-electron chi connectivity index (χ0n) is 20.1. The number of benzene rings is 3. The Hall–Kier alpha value is -5.10. The van der Waals surface area contributed by atoms with Crippen LogP contribution in [0.15, 0.2) is 82.9 Å². The van der Waals surface area contributed by atoms with Crippen LogP contribution in [-0.2, 0) is 14.4 Å². The van der Waals surface area contributed by atoms with Crippen molar-refractivity contribution >= 4 is 63.3 Å². The molecule has 0 bridgehead atoms. The van der Waals surface area contributed by atoms with Gasteiger partial charge < -0.3 is 9.47 Å². The van der Waals surface area contributed by atoms with Gasteiger partial charge in [0.1, 0.15) is 17.1 Å². The predicted molar refractivity (Wildman–Crippen MR) is 144 cm³/mol. The van der Waals surface area contributed by atoms with E-state index in [0.29, 0.717) is 15.8 Å². The van der Waals surface area contributed by atoms with Crippen LogP contribution < -0.4 is 19.7 Å². The smallest absolute Gasteiger partial charge is 0.336 e. The van der Waals surface area contributed by atoms with Gasteiger partial charge in [0.2, 0.25) is 0 Å². The molecule has 4 amide bonds. The number of carbonyl (C=O) groups excluding carboxylic acids is 4. The van der Waals surface area contributed by atoms with Crippen LogP contribution in [0.4, 0.5) is 16.2 Å². The molecule has 0 saturated carbocycles. The van der Waals surface area contributed by atoms with Crippen molar-refractivity contribution in [2.24, 2.45) is 0 Å². The Balaban J connectivity index is 1.59. The highest BCUT2D eigenvalue weighted by molar-refractivity contribution is 9.10. The molecule has 0 unspecified atom stereocenters. The van der Waals surface area contributed by atoms with Gasteiger partial charge in [-0.3, -0.25) is 25.0 Å². The molecule has 12 heteroatoms. The number of amides is 4. The van der Waals surface area contributed by atoms with E-state index in [1.807, 2.05) is 0 Å². The topological polar surface area (TPSA) is 145 Å². The number of non-ortho nitro benzene ring substituents is 1. The average Bonchev–Trinajstić information content (AvgIpc) is 2.91. The van der Waals surface area contributed by atoms with Gasteiger partial charge in [-0.15, -0.1) is 0 Å². The second-order valence-electron chi connectivity index (χ2n) is 7.94. The van der Waals surface area contributed by atoms with Gasteiger partial charge >= 0.3 is 12.0 Å². The summed E-state index contributed by atoms with van der Waals surface area (Å²) in [6, 6.07) is 15.3. The summed E-state index contributed by atoms with van der Waals surface area (Å²) in [7, 11) is 1.47. The van der Waals surface area contributed by atoms with Gasteiger partial charge in [-0.1, -0.05) is 15.9 Å². The molecule has 4 rings (SSSR count). The van der Waals surface area contributed by atoms with E-state index in [9.17, 15) is 29.3 Å². The predicted octanol–water partition coefficient (Wildman–Crippen LogP) is 4.65. The monoisotopic (exact) mass is 591 g/mol. The zero-order valence-corrected chi connectivity index (χ0v) is 21.7. The lowest BCUT2D eigenvalue weighted by Gasteiger charge is -2.26. The van der Waals surface area contributed by atoms with Crippen LogP contribution in [0.2, 0.25) is 0 Å². The third-order valence-corrected chi connectivity index (χ3v) is 5.92. The molecule has 3 aromatic carbocycles. The lowest BCUT2D eigenvalue weighted by Crippen LogP contribution is -2.54. The van der Waals surface area contributed by atoms with Crippen molar-refractivity contribution in [2.75, 3.05) is 12.0 Å². The lowest BCUT2D eigenvalue weighted by molar-refractivity contribution is -0.384. The Labute approximate surface area is 229 Å². The molecule has 1 fully saturated rings. The van der Waals surface area contributed by atoms with Crippen LogP contribution in [0.5, 0.6) is 11.5 Å². The maximum atomic E-state index is 13.2. The molecule has 3 aromatic rings. The zero-order chi connectivity index (χ0) is 28.1. The van der Waals surface area contributed by atoms with Crippen LogP contribution in [0.25, 0.3) is 12.2 Å². The number of imide groups is 2. The van der Waals surface area contributed by atoms with Gasteiger partial charge in [0.15, 0.2) is 0 Å². The molecule has 0 spiro atoms. The normalized spacial score (nSPS) is 14.5. The maximum Gasteiger partial charge on any atom is 0.336 e. The summed E-state index contributed by atoms with van der Waals surface area (Å²) in [5.74, 6) is -2.00. The first-order valence-corrected chi connectivity index (χ1v) is 11.9. The molecule has 0 atom stereocenters. The van der Waals surface area contributed by atoms with E-state index < -0.39 is 28.7 Å². The van der Waals surface area contributed by atoms with E-state index in [4.69, 9.17) is 9.47 Å². The van der Waals surface area contributed by atoms with Crippen LogP contribution in [0.1, 0.15) is 11.1 Å². The Bertz CT molecular complexity index is 1550. The molecule has 0 aromatic heterocycles. The van der Waals surface area contributed by atoms with E-state index >= 15 is 0 Å². The molecule has 1 saturated heterocycles. The van der Waals surface area contributed by atoms with Crippen molar-refractivity contribution in [3.63, 3.8) is 0 Å². The molecule has 0 radical (unpaired) electrons. The highest BCUT2D eigenvalue weighted by Gasteiger charge is 2.37. The van der Waals surface area contributed by atoms with E-state index in [0.717, 1.165) is 11.0 Å². The summed E-state index contributed by atoms with van der Waals surface area (Å²) in [5.41, 5.74) is 0.513. The van der Waals surface area contributed by atoms with Gasteiger partial charge in [0.05, 0.1) is 17.7 Å². The summed E-state index contributed by atoms with van der Waals surface area (Å²) in [4.78, 5) is 61.8. The average molecular weight is 592 g/mol. The van der Waals surface area contributed by atoms with Crippen molar-refractivity contribution in [2.45, 2.75) is 0 Å². The number of nitro groups is 1. The minimum atomic E-state index is -0.912. The molecule has 0 aliphatic carbocycles. The van der Waals surface area contributed by atoms with Crippen molar-refractivity contribution in [1.82, 2.24) is 5.32 Å². The second-order valence-corrected chi connectivity index (χ2v) is 8.86. The minimum absolute atomic E-state index is 0.0394.